The van der Waals surface area contributed by atoms with Gasteiger partial charge in [0.25, 0.3) is 0 Å². The van der Waals surface area contributed by atoms with Crippen LogP contribution in [0.4, 0.5) is 0 Å². The highest BCUT2D eigenvalue weighted by Crippen LogP contribution is 2.33. The maximum absolute atomic E-state index is 5.11. The van der Waals surface area contributed by atoms with E-state index in [9.17, 15) is 0 Å². The van der Waals surface area contributed by atoms with Crippen LogP contribution in [0, 0.1) is 0 Å². The van der Waals surface area contributed by atoms with Crippen LogP contribution in [0.3, 0.4) is 0 Å². The monoisotopic (exact) mass is 674 g/mol. The van der Waals surface area contributed by atoms with E-state index in [1.54, 1.807) is 0 Å². The van der Waals surface area contributed by atoms with Crippen LogP contribution in [0.2, 0.25) is 0 Å². The van der Waals surface area contributed by atoms with Gasteiger partial charge in [0.1, 0.15) is 0 Å². The molecule has 3 aromatic heterocycles. The second-order valence-electron chi connectivity index (χ2n) is 15.7. The minimum absolute atomic E-state index is 0.0731. The summed E-state index contributed by atoms with van der Waals surface area (Å²) in [5, 5.41) is 2.18. The van der Waals surface area contributed by atoms with Gasteiger partial charge in [0, 0.05) is 39.2 Å². The number of hydrogen-bond donors (Lipinski definition) is 0. The number of nitrogens with zero attached hydrogens (tertiary/aromatic N) is 4. The highest BCUT2D eigenvalue weighted by molar-refractivity contribution is 6.03. The van der Waals surface area contributed by atoms with Crippen molar-refractivity contribution in [3.8, 4) is 56.3 Å². The summed E-state index contributed by atoms with van der Waals surface area (Å²) in [6.45, 7) is 13.4. The van der Waals surface area contributed by atoms with Crippen LogP contribution < -0.4 is 0 Å². The zero-order valence-electron chi connectivity index (χ0n) is 30.6. The molecule has 0 aliphatic carbocycles. The van der Waals surface area contributed by atoms with Gasteiger partial charge >= 0.3 is 0 Å². The van der Waals surface area contributed by atoms with Crippen molar-refractivity contribution in [2.75, 3.05) is 0 Å². The van der Waals surface area contributed by atoms with Crippen molar-refractivity contribution in [1.82, 2.24) is 19.9 Å². The van der Waals surface area contributed by atoms with E-state index in [0.29, 0.717) is 0 Å². The number of hydrogen-bond acceptors (Lipinski definition) is 4. The molecule has 0 N–H and O–H groups in total. The maximum atomic E-state index is 5.11. The van der Waals surface area contributed by atoms with Gasteiger partial charge in [0.15, 0.2) is 5.82 Å². The Balaban J connectivity index is 1.11. The number of aromatic nitrogens is 4. The van der Waals surface area contributed by atoms with Gasteiger partial charge in [-0.2, -0.15) is 0 Å². The largest absolute Gasteiger partial charge is 0.254 e. The SMILES string of the molecule is CC(C)(C)c1ccc(-c2cc(-c3ccc(-c4ccc(-c5ccc6ccc7cccnc7c6n5)cc4)cc3)nc(-c3ccc(C(C)(C)C)cc3)n2)cc1. The van der Waals surface area contributed by atoms with Crippen LogP contribution in [0.25, 0.3) is 78.1 Å². The quantitative estimate of drug-likeness (QED) is 0.171. The van der Waals surface area contributed by atoms with Gasteiger partial charge in [-0.05, 0) is 51.3 Å². The molecule has 4 heteroatoms. The molecule has 0 unspecified atom stereocenters. The molecule has 5 aromatic carbocycles. The third kappa shape index (κ3) is 6.60. The summed E-state index contributed by atoms with van der Waals surface area (Å²) >= 11 is 0. The van der Waals surface area contributed by atoms with E-state index < -0.39 is 0 Å². The fourth-order valence-corrected chi connectivity index (χ4v) is 6.68. The molecule has 0 bridgehead atoms. The summed E-state index contributed by atoms with van der Waals surface area (Å²) in [5.74, 6) is 0.721. The van der Waals surface area contributed by atoms with E-state index >= 15 is 0 Å². The molecule has 0 saturated heterocycles. The van der Waals surface area contributed by atoms with Gasteiger partial charge in [0.2, 0.25) is 0 Å². The van der Waals surface area contributed by atoms with Crippen molar-refractivity contribution in [3.63, 3.8) is 0 Å². The van der Waals surface area contributed by atoms with E-state index in [0.717, 1.165) is 78.1 Å². The normalized spacial score (nSPS) is 12.0. The molecule has 0 atom stereocenters. The fourth-order valence-electron chi connectivity index (χ4n) is 6.68. The topological polar surface area (TPSA) is 51.6 Å². The fraction of sp³-hybridized carbons (Fsp3) is 0.167. The average molecular weight is 675 g/mol. The molecule has 0 fully saturated rings. The maximum Gasteiger partial charge on any atom is 0.160 e. The van der Waals surface area contributed by atoms with Crippen molar-refractivity contribution in [3.05, 3.63) is 157 Å². The molecule has 4 nitrogen and oxygen atoms in total. The Morgan fingerprint density at radius 2 is 0.788 bits per heavy atom. The van der Waals surface area contributed by atoms with Crippen LogP contribution in [-0.2, 0) is 10.8 Å². The summed E-state index contributed by atoms with van der Waals surface area (Å²) < 4.78 is 0. The second-order valence-corrected chi connectivity index (χ2v) is 15.7. The third-order valence-corrected chi connectivity index (χ3v) is 9.91. The first-order valence-corrected chi connectivity index (χ1v) is 18.0. The van der Waals surface area contributed by atoms with Crippen LogP contribution >= 0.6 is 0 Å². The molecule has 0 amide bonds. The molecule has 0 aliphatic rings. The van der Waals surface area contributed by atoms with Gasteiger partial charge < -0.3 is 0 Å². The van der Waals surface area contributed by atoms with E-state index in [2.05, 4.69) is 180 Å². The molecular weight excluding hydrogens is 633 g/mol. The first kappa shape index (κ1) is 33.2. The summed E-state index contributed by atoms with van der Waals surface area (Å²) in [6, 6.07) is 49.3. The van der Waals surface area contributed by atoms with Crippen LogP contribution in [0.5, 0.6) is 0 Å². The molecular formula is C48H42N4. The first-order chi connectivity index (χ1) is 25.0. The Morgan fingerprint density at radius 1 is 0.365 bits per heavy atom. The Hall–Kier alpha value is -6.00. The Kier molecular flexibility index (Phi) is 8.26. The van der Waals surface area contributed by atoms with Gasteiger partial charge in [-0.1, -0.05) is 163 Å². The van der Waals surface area contributed by atoms with Gasteiger partial charge in [-0.15, -0.1) is 0 Å². The first-order valence-electron chi connectivity index (χ1n) is 18.0. The van der Waals surface area contributed by atoms with Crippen molar-refractivity contribution < 1.29 is 0 Å². The van der Waals surface area contributed by atoms with E-state index in [1.165, 1.54) is 11.1 Å². The molecule has 0 radical (unpaired) electrons. The number of pyridine rings is 2. The third-order valence-electron chi connectivity index (χ3n) is 9.91. The lowest BCUT2D eigenvalue weighted by Gasteiger charge is -2.19. The summed E-state index contributed by atoms with van der Waals surface area (Å²) in [4.78, 5) is 19.9. The molecule has 254 valence electrons. The lowest BCUT2D eigenvalue weighted by molar-refractivity contribution is 0.590. The van der Waals surface area contributed by atoms with Crippen molar-refractivity contribution in [2.45, 2.75) is 52.4 Å². The van der Waals surface area contributed by atoms with Crippen molar-refractivity contribution in [2.24, 2.45) is 0 Å². The predicted molar refractivity (Wildman–Crippen MR) is 217 cm³/mol. The van der Waals surface area contributed by atoms with Gasteiger partial charge in [-0.3, -0.25) is 4.98 Å². The Labute approximate surface area is 306 Å². The summed E-state index contributed by atoms with van der Waals surface area (Å²) in [7, 11) is 0. The van der Waals surface area contributed by atoms with Crippen LogP contribution in [0.15, 0.2) is 146 Å². The van der Waals surface area contributed by atoms with Crippen LogP contribution in [0.1, 0.15) is 52.7 Å². The Bertz CT molecular complexity index is 2460. The molecule has 0 spiro atoms. The molecule has 3 heterocycles. The zero-order valence-corrected chi connectivity index (χ0v) is 30.6. The van der Waals surface area contributed by atoms with Crippen molar-refractivity contribution >= 4 is 21.8 Å². The lowest BCUT2D eigenvalue weighted by Crippen LogP contribution is -2.10. The highest BCUT2D eigenvalue weighted by atomic mass is 14.9. The molecule has 8 aromatic rings. The van der Waals surface area contributed by atoms with E-state index in [4.69, 9.17) is 15.0 Å². The van der Waals surface area contributed by atoms with E-state index in [1.807, 2.05) is 12.3 Å². The smallest absolute Gasteiger partial charge is 0.160 e. The second kappa shape index (κ2) is 13.0. The van der Waals surface area contributed by atoms with Crippen LogP contribution in [-0.4, -0.2) is 19.9 Å². The minimum Gasteiger partial charge on any atom is -0.254 e. The zero-order chi connectivity index (χ0) is 36.0. The Morgan fingerprint density at radius 3 is 1.31 bits per heavy atom. The minimum atomic E-state index is 0.0731. The number of benzene rings is 5. The standard InChI is InChI=1S/C48H42N4/c1-47(2,3)39-24-19-35(20-25-39)43-30-42(51-46(52-43)38-21-26-40(27-22-38)48(4,5)6)34-15-11-32(12-16-34)31-9-13-33(14-10-31)41-28-23-37-18-17-36-8-7-29-49-44(36)45(37)50-41/h7-30H,1-6H3. The lowest BCUT2D eigenvalue weighted by atomic mass is 9.86. The highest BCUT2D eigenvalue weighted by Gasteiger charge is 2.17. The molecule has 0 aliphatic heterocycles. The summed E-state index contributed by atoms with van der Waals surface area (Å²) in [6.07, 6.45) is 1.83. The average Bonchev–Trinajstić information content (AvgIpc) is 3.17. The predicted octanol–water partition coefficient (Wildman–Crippen LogP) is 12.5. The number of rotatable bonds is 5. The van der Waals surface area contributed by atoms with E-state index in [-0.39, 0.29) is 10.8 Å². The van der Waals surface area contributed by atoms with Gasteiger partial charge in [0.05, 0.1) is 28.1 Å². The van der Waals surface area contributed by atoms with Crippen molar-refractivity contribution in [1.29, 1.82) is 0 Å². The number of fused-ring (bicyclic) bond motifs is 3. The molecule has 52 heavy (non-hydrogen) atoms. The summed E-state index contributed by atoms with van der Waals surface area (Å²) in [5.41, 5.74) is 13.8. The molecule has 8 rings (SSSR count). The van der Waals surface area contributed by atoms with Gasteiger partial charge in [-0.25, -0.2) is 15.0 Å². The molecule has 0 saturated carbocycles.